The van der Waals surface area contributed by atoms with Crippen molar-refractivity contribution in [3.8, 4) is 10.6 Å². The number of nitrogens with one attached hydrogen (secondary N) is 1. The van der Waals surface area contributed by atoms with E-state index in [0.29, 0.717) is 24.4 Å². The third-order valence-electron chi connectivity index (χ3n) is 7.12. The Morgan fingerprint density at radius 3 is 2.74 bits per heavy atom. The highest BCUT2D eigenvalue weighted by Gasteiger charge is 2.42. The van der Waals surface area contributed by atoms with Crippen molar-refractivity contribution >= 4 is 23.1 Å². The molecule has 1 aromatic carbocycles. The Morgan fingerprint density at radius 2 is 2.06 bits per heavy atom. The molecule has 3 aromatic rings. The number of hydrogen-bond donors (Lipinski definition) is 1. The minimum Gasteiger partial charge on any atom is -0.448 e. The lowest BCUT2D eigenvalue weighted by molar-refractivity contribution is -0.00151. The molecule has 3 saturated heterocycles. The summed E-state index contributed by atoms with van der Waals surface area (Å²) in [6, 6.07) is 14.6. The van der Waals surface area contributed by atoms with E-state index in [1.165, 1.54) is 10.4 Å². The van der Waals surface area contributed by atoms with E-state index in [4.69, 9.17) is 9.72 Å². The highest BCUT2D eigenvalue weighted by atomic mass is 32.1. The van der Waals surface area contributed by atoms with Crippen molar-refractivity contribution < 1.29 is 9.53 Å². The van der Waals surface area contributed by atoms with Gasteiger partial charge >= 0.3 is 6.09 Å². The quantitative estimate of drug-likeness (QED) is 0.468. The molecule has 1 N–H and O–H groups in total. The van der Waals surface area contributed by atoms with Crippen LogP contribution in [-0.4, -0.2) is 46.7 Å². The number of anilines is 1. The van der Waals surface area contributed by atoms with Gasteiger partial charge in [0, 0.05) is 29.9 Å². The number of benzene rings is 1. The Kier molecular flexibility index (Phi) is 6.66. The smallest absolute Gasteiger partial charge is 0.411 e. The molecule has 34 heavy (non-hydrogen) atoms. The molecule has 0 radical (unpaired) electrons. The summed E-state index contributed by atoms with van der Waals surface area (Å²) >= 11 is 1.71. The summed E-state index contributed by atoms with van der Waals surface area (Å²) < 4.78 is 5.63. The highest BCUT2D eigenvalue weighted by molar-refractivity contribution is 7.13. The molecule has 5 heterocycles. The summed E-state index contributed by atoms with van der Waals surface area (Å²) in [4.78, 5) is 25.5. The van der Waals surface area contributed by atoms with Crippen molar-refractivity contribution in [1.29, 1.82) is 0 Å². The second-order valence-corrected chi connectivity index (χ2v) is 10.7. The van der Waals surface area contributed by atoms with Gasteiger partial charge in [0.2, 0.25) is 0 Å². The van der Waals surface area contributed by atoms with Crippen molar-refractivity contribution in [2.75, 3.05) is 25.0 Å². The van der Waals surface area contributed by atoms with Crippen molar-refractivity contribution in [1.82, 2.24) is 14.9 Å². The molecule has 1 amide bonds. The first-order chi connectivity index (χ1) is 16.5. The number of carbonyl (C=O) groups excluding carboxylic acids is 1. The number of carbonyl (C=O) groups is 1. The maximum atomic E-state index is 12.4. The van der Waals surface area contributed by atoms with Gasteiger partial charge in [-0.05, 0) is 73.4 Å². The van der Waals surface area contributed by atoms with E-state index in [2.05, 4.69) is 52.6 Å². The van der Waals surface area contributed by atoms with Gasteiger partial charge in [-0.2, -0.15) is 0 Å². The zero-order chi connectivity index (χ0) is 23.7. The molecule has 3 aliphatic heterocycles. The maximum absolute atomic E-state index is 12.4. The van der Waals surface area contributed by atoms with E-state index >= 15 is 0 Å². The fraction of sp³-hybridized carbons (Fsp3) is 0.444. The number of aromatic nitrogens is 2. The Bertz CT molecular complexity index is 1130. The van der Waals surface area contributed by atoms with Crippen molar-refractivity contribution in [2.45, 2.75) is 51.5 Å². The van der Waals surface area contributed by atoms with Gasteiger partial charge in [0.15, 0.2) is 0 Å². The third-order valence-corrected chi connectivity index (χ3v) is 8.01. The molecule has 2 bridgehead atoms. The largest absolute Gasteiger partial charge is 0.448 e. The van der Waals surface area contributed by atoms with Crippen LogP contribution < -0.4 is 5.32 Å². The topological polar surface area (TPSA) is 67.4 Å². The van der Waals surface area contributed by atoms with Gasteiger partial charge in [0.25, 0.3) is 0 Å². The summed E-state index contributed by atoms with van der Waals surface area (Å²) in [7, 11) is 0. The van der Waals surface area contributed by atoms with Crippen LogP contribution in [0.15, 0.2) is 47.8 Å². The van der Waals surface area contributed by atoms with E-state index in [1.54, 1.807) is 11.3 Å². The molecule has 0 spiro atoms. The normalized spacial score (nSPS) is 23.8. The van der Waals surface area contributed by atoms with E-state index in [0.717, 1.165) is 48.8 Å². The zero-order valence-electron chi connectivity index (χ0n) is 20.0. The van der Waals surface area contributed by atoms with Crippen LogP contribution in [0.25, 0.3) is 10.6 Å². The molecule has 0 aliphatic carbocycles. The van der Waals surface area contributed by atoms with Crippen LogP contribution in [0.3, 0.4) is 0 Å². The van der Waals surface area contributed by atoms with Gasteiger partial charge in [-0.1, -0.05) is 32.0 Å². The molecule has 0 saturated carbocycles. The van der Waals surface area contributed by atoms with Crippen molar-refractivity contribution in [3.63, 3.8) is 0 Å². The highest BCUT2D eigenvalue weighted by Crippen LogP contribution is 2.42. The first-order valence-electron chi connectivity index (χ1n) is 12.1. The molecule has 3 aliphatic rings. The Hall–Kier alpha value is -2.77. The molecular weight excluding hydrogens is 444 g/mol. The number of rotatable bonds is 6. The van der Waals surface area contributed by atoms with Crippen molar-refractivity contribution in [2.24, 2.45) is 5.92 Å². The fourth-order valence-corrected chi connectivity index (χ4v) is 5.94. The molecule has 6 nitrogen and oxygen atoms in total. The summed E-state index contributed by atoms with van der Waals surface area (Å²) in [6.45, 7) is 8.72. The minimum absolute atomic E-state index is 0.267. The van der Waals surface area contributed by atoms with Crippen LogP contribution in [-0.2, 0) is 4.74 Å². The predicted octanol–water partition coefficient (Wildman–Crippen LogP) is 6.06. The number of nitrogens with zero attached hydrogens (tertiary/aromatic N) is 3. The Labute approximate surface area is 205 Å². The number of hydrogen-bond acceptors (Lipinski definition) is 6. The molecule has 7 heteroatoms. The number of amides is 1. The SMILES string of the molecule is Cc1nc(-c2cccs2)cc([C@@H]2CN3CC[C@H]2C[C@@H]3COC(=O)Nc2ccc(C(C)C)cc2)n1. The van der Waals surface area contributed by atoms with Crippen LogP contribution in [0, 0.1) is 12.8 Å². The van der Waals surface area contributed by atoms with Crippen molar-refractivity contribution in [3.05, 3.63) is 64.9 Å². The minimum atomic E-state index is -0.386. The Morgan fingerprint density at radius 1 is 1.24 bits per heavy atom. The average Bonchev–Trinajstić information content (AvgIpc) is 3.38. The number of fused-ring (bicyclic) bond motifs is 3. The number of aryl methyl sites for hydroxylation is 1. The van der Waals surface area contributed by atoms with Crippen LogP contribution in [0.2, 0.25) is 0 Å². The molecular formula is C27H32N4O2S. The zero-order valence-corrected chi connectivity index (χ0v) is 20.8. The number of piperidine rings is 3. The molecule has 2 aromatic heterocycles. The summed E-state index contributed by atoms with van der Waals surface area (Å²) in [5.74, 6) is 2.25. The number of thiophene rings is 1. The standard InChI is InChI=1S/C27H32N4O2S/c1-17(2)19-6-8-21(9-7-19)30-27(32)33-16-22-13-20-10-11-31(22)15-23(20)24-14-25(29-18(3)28-24)26-5-4-12-34-26/h4-9,12,14,17,20,22-23H,10-11,13,15-16H2,1-3H3,(H,30,32)/t20-,22+,23+/m0/s1. The summed E-state index contributed by atoms with van der Waals surface area (Å²) in [5, 5.41) is 4.94. The van der Waals surface area contributed by atoms with Crippen LogP contribution in [0.1, 0.15) is 55.6 Å². The van der Waals surface area contributed by atoms with E-state index < -0.39 is 0 Å². The maximum Gasteiger partial charge on any atom is 0.411 e. The lowest BCUT2D eigenvalue weighted by atomic mass is 9.74. The second-order valence-electron chi connectivity index (χ2n) is 9.74. The van der Waals surface area contributed by atoms with Gasteiger partial charge in [0.1, 0.15) is 12.4 Å². The third kappa shape index (κ3) is 5.00. The van der Waals surface area contributed by atoms with E-state index in [1.807, 2.05) is 31.2 Å². The van der Waals surface area contributed by atoms with Gasteiger partial charge in [-0.15, -0.1) is 11.3 Å². The van der Waals surface area contributed by atoms with Gasteiger partial charge in [-0.25, -0.2) is 14.8 Å². The predicted molar refractivity (Wildman–Crippen MR) is 136 cm³/mol. The van der Waals surface area contributed by atoms with E-state index in [9.17, 15) is 4.79 Å². The molecule has 6 rings (SSSR count). The average molecular weight is 477 g/mol. The van der Waals surface area contributed by atoms with Gasteiger partial charge < -0.3 is 4.74 Å². The first-order valence-corrected chi connectivity index (χ1v) is 13.0. The lowest BCUT2D eigenvalue weighted by Gasteiger charge is -2.49. The summed E-state index contributed by atoms with van der Waals surface area (Å²) in [5.41, 5.74) is 4.18. The lowest BCUT2D eigenvalue weighted by Crippen LogP contribution is -2.54. The Balaban J connectivity index is 1.19. The van der Waals surface area contributed by atoms with Crippen LogP contribution in [0.4, 0.5) is 10.5 Å². The first kappa shape index (κ1) is 23.0. The monoisotopic (exact) mass is 476 g/mol. The second kappa shape index (κ2) is 9.84. The number of ether oxygens (including phenoxy) is 1. The summed E-state index contributed by atoms with van der Waals surface area (Å²) in [6.07, 6.45) is 1.80. The fourth-order valence-electron chi connectivity index (χ4n) is 5.26. The molecule has 1 unspecified atom stereocenters. The van der Waals surface area contributed by atoms with Crippen LogP contribution >= 0.6 is 11.3 Å². The molecule has 4 atom stereocenters. The van der Waals surface area contributed by atoms with Gasteiger partial charge in [-0.3, -0.25) is 10.2 Å². The molecule has 178 valence electrons. The van der Waals surface area contributed by atoms with Gasteiger partial charge in [0.05, 0.1) is 10.6 Å². The van der Waals surface area contributed by atoms with E-state index in [-0.39, 0.29) is 12.1 Å². The molecule has 3 fully saturated rings. The van der Waals surface area contributed by atoms with Crippen LogP contribution in [0.5, 0.6) is 0 Å².